The first kappa shape index (κ1) is 14.4. The molecule has 2 aromatic heterocycles. The van der Waals surface area contributed by atoms with Crippen LogP contribution in [0.5, 0.6) is 0 Å². The molecule has 0 amide bonds. The van der Waals surface area contributed by atoms with Gasteiger partial charge in [0.1, 0.15) is 10.2 Å². The van der Waals surface area contributed by atoms with Crippen LogP contribution in [0.3, 0.4) is 0 Å². The van der Waals surface area contributed by atoms with Gasteiger partial charge in [0, 0.05) is 40.3 Å². The summed E-state index contributed by atoms with van der Waals surface area (Å²) in [7, 11) is 3.42. The summed E-state index contributed by atoms with van der Waals surface area (Å²) in [6, 6.07) is 0. The number of morpholine rings is 1. The van der Waals surface area contributed by atoms with Gasteiger partial charge in [-0.3, -0.25) is 14.0 Å². The van der Waals surface area contributed by atoms with Gasteiger partial charge in [-0.2, -0.15) is 0 Å². The molecular weight excluding hydrogens is 290 g/mol. The molecule has 1 fully saturated rings. The summed E-state index contributed by atoms with van der Waals surface area (Å²) in [5, 5.41) is 0. The molecule has 3 rings (SSSR count). The van der Waals surface area contributed by atoms with Crippen molar-refractivity contribution in [2.75, 3.05) is 32.8 Å². The minimum Gasteiger partial charge on any atom is -0.379 e. The molecule has 2 aromatic rings. The summed E-state index contributed by atoms with van der Waals surface area (Å²) in [4.78, 5) is 18.7. The van der Waals surface area contributed by atoms with E-state index in [1.165, 1.54) is 9.13 Å². The fourth-order valence-electron chi connectivity index (χ4n) is 2.64. The fourth-order valence-corrected chi connectivity index (χ4v) is 2.93. The maximum Gasteiger partial charge on any atom is 0.330 e. The van der Waals surface area contributed by atoms with Gasteiger partial charge in [-0.1, -0.05) is 12.2 Å². The molecule has 0 spiro atoms. The zero-order valence-electron chi connectivity index (χ0n) is 12.3. The molecule has 0 unspecified atom stereocenters. The third-order valence-corrected chi connectivity index (χ3v) is 4.45. The number of imidazole rings is 1. The number of rotatable bonds is 3. The van der Waals surface area contributed by atoms with E-state index in [1.54, 1.807) is 20.4 Å². The number of fused-ring (bicyclic) bond motifs is 1. The Morgan fingerprint density at radius 2 is 1.95 bits per heavy atom. The van der Waals surface area contributed by atoms with Crippen LogP contribution in [0.15, 0.2) is 11.1 Å². The highest BCUT2D eigenvalue weighted by molar-refractivity contribution is 7.71. The molecule has 7 nitrogen and oxygen atoms in total. The molecular formula is C13H19N5O2S. The third-order valence-electron chi connectivity index (χ3n) is 3.98. The lowest BCUT2D eigenvalue weighted by Gasteiger charge is -2.26. The van der Waals surface area contributed by atoms with Crippen molar-refractivity contribution in [2.24, 2.45) is 14.1 Å². The lowest BCUT2D eigenvalue weighted by atomic mass is 10.4. The molecule has 0 bridgehead atoms. The van der Waals surface area contributed by atoms with Gasteiger partial charge in [-0.05, 0) is 0 Å². The van der Waals surface area contributed by atoms with E-state index in [4.69, 9.17) is 17.0 Å². The van der Waals surface area contributed by atoms with Crippen LogP contribution in [0.2, 0.25) is 0 Å². The number of ether oxygens (including phenoxy) is 1. The molecule has 8 heteroatoms. The summed E-state index contributed by atoms with van der Waals surface area (Å²) >= 11 is 5.41. The Morgan fingerprint density at radius 3 is 2.67 bits per heavy atom. The Hall–Kier alpha value is -1.51. The molecule has 21 heavy (non-hydrogen) atoms. The first-order valence-corrected chi connectivity index (χ1v) is 7.41. The van der Waals surface area contributed by atoms with Crippen molar-refractivity contribution < 1.29 is 4.74 Å². The van der Waals surface area contributed by atoms with Gasteiger partial charge in [0.15, 0.2) is 5.65 Å². The fraction of sp³-hybridized carbons (Fsp3) is 0.615. The molecule has 1 aliphatic rings. The van der Waals surface area contributed by atoms with Gasteiger partial charge < -0.3 is 9.30 Å². The molecule has 3 heterocycles. The van der Waals surface area contributed by atoms with E-state index in [-0.39, 0.29) is 5.69 Å². The zero-order valence-corrected chi connectivity index (χ0v) is 13.1. The molecule has 0 aromatic carbocycles. The van der Waals surface area contributed by atoms with E-state index in [1.807, 2.05) is 4.57 Å². The molecule has 1 saturated heterocycles. The second-order valence-electron chi connectivity index (χ2n) is 5.27. The first-order valence-electron chi connectivity index (χ1n) is 7.00. The minimum absolute atomic E-state index is 0.147. The van der Waals surface area contributed by atoms with E-state index < -0.39 is 0 Å². The van der Waals surface area contributed by atoms with Crippen molar-refractivity contribution in [3.05, 3.63) is 21.5 Å². The molecule has 0 N–H and O–H groups in total. The normalized spacial score (nSPS) is 16.7. The van der Waals surface area contributed by atoms with Crippen molar-refractivity contribution in [1.82, 2.24) is 23.6 Å². The lowest BCUT2D eigenvalue weighted by Crippen LogP contribution is -2.38. The Labute approximate surface area is 127 Å². The summed E-state index contributed by atoms with van der Waals surface area (Å²) in [6.45, 7) is 5.23. The number of hydrogen-bond acceptors (Lipinski definition) is 5. The molecule has 0 radical (unpaired) electrons. The van der Waals surface area contributed by atoms with Gasteiger partial charge in [-0.25, -0.2) is 9.78 Å². The number of nitrogens with zero attached hydrogens (tertiary/aromatic N) is 5. The van der Waals surface area contributed by atoms with Gasteiger partial charge >= 0.3 is 5.69 Å². The van der Waals surface area contributed by atoms with E-state index in [0.717, 1.165) is 44.9 Å². The van der Waals surface area contributed by atoms with E-state index in [9.17, 15) is 4.79 Å². The minimum atomic E-state index is -0.147. The summed E-state index contributed by atoms with van der Waals surface area (Å²) in [6.07, 6.45) is 1.76. The van der Waals surface area contributed by atoms with Gasteiger partial charge in [0.2, 0.25) is 0 Å². The lowest BCUT2D eigenvalue weighted by molar-refractivity contribution is 0.0365. The monoisotopic (exact) mass is 309 g/mol. The number of aromatic nitrogens is 4. The van der Waals surface area contributed by atoms with Crippen molar-refractivity contribution in [3.63, 3.8) is 0 Å². The maximum absolute atomic E-state index is 12.0. The number of hydrogen-bond donors (Lipinski definition) is 0. The van der Waals surface area contributed by atoms with E-state index >= 15 is 0 Å². The highest BCUT2D eigenvalue weighted by Crippen LogP contribution is 2.12. The smallest absolute Gasteiger partial charge is 0.330 e. The Bertz CT molecular complexity index is 769. The molecule has 0 atom stereocenters. The van der Waals surface area contributed by atoms with Gasteiger partial charge in [0.05, 0.1) is 19.5 Å². The van der Waals surface area contributed by atoms with Crippen molar-refractivity contribution in [1.29, 1.82) is 0 Å². The predicted octanol–water partition coefficient (Wildman–Crippen LogP) is 0.135. The van der Waals surface area contributed by atoms with Crippen LogP contribution in [0, 0.1) is 4.64 Å². The maximum atomic E-state index is 12.0. The average Bonchev–Trinajstić information content (AvgIpc) is 2.94. The van der Waals surface area contributed by atoms with Crippen molar-refractivity contribution in [3.8, 4) is 0 Å². The standard InChI is InChI=1S/C13H19N5O2S/c1-15-11-10(12(21)16(2)13(15)19)18(9-14-11)4-3-17-5-7-20-8-6-17/h9H,3-8H2,1-2H3. The highest BCUT2D eigenvalue weighted by Gasteiger charge is 2.14. The van der Waals surface area contributed by atoms with E-state index in [0.29, 0.717) is 10.3 Å². The second-order valence-corrected chi connectivity index (χ2v) is 5.66. The summed E-state index contributed by atoms with van der Waals surface area (Å²) in [5.41, 5.74) is 1.35. The van der Waals surface area contributed by atoms with Crippen LogP contribution in [0.4, 0.5) is 0 Å². The quantitative estimate of drug-likeness (QED) is 0.755. The summed E-state index contributed by atoms with van der Waals surface area (Å²) < 4.78 is 10.9. The first-order chi connectivity index (χ1) is 10.1. The predicted molar refractivity (Wildman–Crippen MR) is 82.0 cm³/mol. The molecule has 114 valence electrons. The molecule has 0 saturated carbocycles. The van der Waals surface area contributed by atoms with Crippen LogP contribution in [-0.4, -0.2) is 56.4 Å². The molecule has 1 aliphatic heterocycles. The van der Waals surface area contributed by atoms with E-state index in [2.05, 4.69) is 9.88 Å². The Morgan fingerprint density at radius 1 is 1.24 bits per heavy atom. The average molecular weight is 309 g/mol. The highest BCUT2D eigenvalue weighted by atomic mass is 32.1. The van der Waals surface area contributed by atoms with Crippen LogP contribution >= 0.6 is 12.2 Å². The second kappa shape index (κ2) is 5.70. The summed E-state index contributed by atoms with van der Waals surface area (Å²) in [5.74, 6) is 0. The topological polar surface area (TPSA) is 57.2 Å². The van der Waals surface area contributed by atoms with Crippen LogP contribution in [-0.2, 0) is 25.4 Å². The Kier molecular flexibility index (Phi) is 3.92. The zero-order chi connectivity index (χ0) is 15.0. The van der Waals surface area contributed by atoms with Crippen LogP contribution in [0.25, 0.3) is 11.2 Å². The molecule has 0 aliphatic carbocycles. The van der Waals surface area contributed by atoms with Crippen LogP contribution in [0.1, 0.15) is 0 Å². The van der Waals surface area contributed by atoms with Crippen LogP contribution < -0.4 is 5.69 Å². The number of aryl methyl sites for hydroxylation is 1. The van der Waals surface area contributed by atoms with Gasteiger partial charge in [-0.15, -0.1) is 0 Å². The van der Waals surface area contributed by atoms with Crippen molar-refractivity contribution in [2.45, 2.75) is 6.54 Å². The largest absolute Gasteiger partial charge is 0.379 e. The Balaban J connectivity index is 1.93. The SMILES string of the molecule is Cn1c(=S)c2c(ncn2CCN2CCOCC2)n(C)c1=O. The van der Waals surface area contributed by atoms with Gasteiger partial charge in [0.25, 0.3) is 0 Å². The van der Waals surface area contributed by atoms with Crippen molar-refractivity contribution >= 4 is 23.4 Å². The third kappa shape index (κ3) is 2.54.